The quantitative estimate of drug-likeness (QED) is 0.832. The zero-order valence-electron chi connectivity index (χ0n) is 14.1. The number of ether oxygens (including phenoxy) is 1. The SMILES string of the molecule is Nc1nc(CCC(=O)N[C@@H]2[C@@H](Cc3ccccc3)[C@H]3OCC[C@@H]23)cs1. The van der Waals surface area contributed by atoms with E-state index in [1.165, 1.54) is 16.9 Å². The second-order valence-electron chi connectivity index (χ2n) is 6.91. The second-order valence-corrected chi connectivity index (χ2v) is 7.80. The van der Waals surface area contributed by atoms with Crippen molar-refractivity contribution >= 4 is 22.4 Å². The number of thiazole rings is 1. The van der Waals surface area contributed by atoms with Crippen LogP contribution >= 0.6 is 11.3 Å². The predicted molar refractivity (Wildman–Crippen MR) is 98.3 cm³/mol. The number of nitrogens with zero attached hydrogens (tertiary/aromatic N) is 1. The number of carbonyl (C=O) groups excluding carboxylic acids is 1. The van der Waals surface area contributed by atoms with Crippen molar-refractivity contribution in [2.24, 2.45) is 11.8 Å². The number of hydrogen-bond donors (Lipinski definition) is 2. The van der Waals surface area contributed by atoms with Crippen LogP contribution in [0.5, 0.6) is 0 Å². The van der Waals surface area contributed by atoms with Gasteiger partial charge in [-0.3, -0.25) is 4.79 Å². The highest BCUT2D eigenvalue weighted by atomic mass is 32.1. The molecule has 1 amide bonds. The third kappa shape index (κ3) is 3.55. The number of nitrogens with two attached hydrogens (primary N) is 1. The fraction of sp³-hybridized carbons (Fsp3) is 0.474. The molecule has 1 aliphatic carbocycles. The maximum atomic E-state index is 12.4. The Balaban J connectivity index is 1.35. The van der Waals surface area contributed by atoms with Gasteiger partial charge in [-0.15, -0.1) is 11.3 Å². The largest absolute Gasteiger partial charge is 0.377 e. The summed E-state index contributed by atoms with van der Waals surface area (Å²) in [5, 5.41) is 5.74. The van der Waals surface area contributed by atoms with Crippen molar-refractivity contribution in [2.45, 2.75) is 37.8 Å². The molecule has 4 rings (SSSR count). The minimum atomic E-state index is 0.0972. The van der Waals surface area contributed by atoms with Crippen LogP contribution in [-0.4, -0.2) is 29.6 Å². The number of nitrogen functional groups attached to an aromatic ring is 1. The summed E-state index contributed by atoms with van der Waals surface area (Å²) in [6.07, 6.45) is 3.39. The van der Waals surface area contributed by atoms with Gasteiger partial charge in [-0.1, -0.05) is 30.3 Å². The zero-order valence-corrected chi connectivity index (χ0v) is 14.9. The van der Waals surface area contributed by atoms with Crippen LogP contribution in [0, 0.1) is 11.8 Å². The van der Waals surface area contributed by atoms with Gasteiger partial charge in [-0.05, 0) is 24.8 Å². The molecule has 0 unspecified atom stereocenters. The van der Waals surface area contributed by atoms with Crippen molar-refractivity contribution < 1.29 is 9.53 Å². The maximum absolute atomic E-state index is 12.4. The highest BCUT2D eigenvalue weighted by Crippen LogP contribution is 2.45. The average Bonchev–Trinajstić information content (AvgIpc) is 3.23. The lowest BCUT2D eigenvalue weighted by molar-refractivity contribution is -0.127. The lowest BCUT2D eigenvalue weighted by atomic mass is 9.64. The van der Waals surface area contributed by atoms with E-state index in [9.17, 15) is 4.79 Å². The summed E-state index contributed by atoms with van der Waals surface area (Å²) in [5.74, 6) is 0.932. The second kappa shape index (κ2) is 7.14. The van der Waals surface area contributed by atoms with E-state index in [0.29, 0.717) is 35.9 Å². The maximum Gasteiger partial charge on any atom is 0.220 e. The molecule has 2 heterocycles. The van der Waals surface area contributed by atoms with Crippen molar-refractivity contribution in [1.82, 2.24) is 10.3 Å². The van der Waals surface area contributed by atoms with Crippen molar-refractivity contribution in [1.29, 1.82) is 0 Å². The van der Waals surface area contributed by atoms with Crippen molar-refractivity contribution in [3.63, 3.8) is 0 Å². The number of fused-ring (bicyclic) bond motifs is 1. The monoisotopic (exact) mass is 357 g/mol. The van der Waals surface area contributed by atoms with Crippen LogP contribution < -0.4 is 11.1 Å². The molecule has 4 atom stereocenters. The number of benzene rings is 1. The number of carbonyl (C=O) groups is 1. The zero-order chi connectivity index (χ0) is 17.2. The summed E-state index contributed by atoms with van der Waals surface area (Å²) < 4.78 is 5.91. The summed E-state index contributed by atoms with van der Waals surface area (Å²) in [6, 6.07) is 10.7. The number of rotatable bonds is 6. The van der Waals surface area contributed by atoms with Crippen LogP contribution in [0.15, 0.2) is 35.7 Å². The van der Waals surface area contributed by atoms with Gasteiger partial charge in [0.05, 0.1) is 11.8 Å². The van der Waals surface area contributed by atoms with E-state index in [4.69, 9.17) is 10.5 Å². The number of aromatic nitrogens is 1. The van der Waals surface area contributed by atoms with E-state index in [0.717, 1.165) is 25.1 Å². The Morgan fingerprint density at radius 3 is 2.96 bits per heavy atom. The number of anilines is 1. The Labute approximate surface area is 151 Å². The van der Waals surface area contributed by atoms with Gasteiger partial charge in [0.2, 0.25) is 5.91 Å². The van der Waals surface area contributed by atoms with Gasteiger partial charge in [-0.25, -0.2) is 4.98 Å². The molecule has 2 aliphatic rings. The minimum Gasteiger partial charge on any atom is -0.377 e. The third-order valence-corrected chi connectivity index (χ3v) is 6.07. The highest BCUT2D eigenvalue weighted by Gasteiger charge is 2.53. The third-order valence-electron chi connectivity index (χ3n) is 5.35. The van der Waals surface area contributed by atoms with Gasteiger partial charge < -0.3 is 15.8 Å². The Morgan fingerprint density at radius 2 is 2.20 bits per heavy atom. The predicted octanol–water partition coefficient (Wildman–Crippen LogP) is 2.42. The first-order chi connectivity index (χ1) is 12.2. The van der Waals surface area contributed by atoms with Crippen LogP contribution in [0.25, 0.3) is 0 Å². The van der Waals surface area contributed by atoms with E-state index < -0.39 is 0 Å². The van der Waals surface area contributed by atoms with E-state index in [2.05, 4.69) is 34.6 Å². The summed E-state index contributed by atoms with van der Waals surface area (Å²) in [5.41, 5.74) is 7.84. The Bertz CT molecular complexity index is 733. The Morgan fingerprint density at radius 1 is 1.36 bits per heavy atom. The molecule has 0 radical (unpaired) electrons. The van der Waals surface area contributed by atoms with Gasteiger partial charge in [-0.2, -0.15) is 0 Å². The van der Waals surface area contributed by atoms with Gasteiger partial charge in [0, 0.05) is 36.3 Å². The van der Waals surface area contributed by atoms with Gasteiger partial charge in [0.1, 0.15) is 0 Å². The summed E-state index contributed by atoms with van der Waals surface area (Å²) in [7, 11) is 0. The topological polar surface area (TPSA) is 77.2 Å². The molecule has 5 nitrogen and oxygen atoms in total. The number of hydrogen-bond acceptors (Lipinski definition) is 5. The van der Waals surface area contributed by atoms with Gasteiger partial charge >= 0.3 is 0 Å². The molecular formula is C19H23N3O2S. The highest BCUT2D eigenvalue weighted by molar-refractivity contribution is 7.13. The van der Waals surface area contributed by atoms with E-state index in [1.54, 1.807) is 0 Å². The number of amides is 1. The molecule has 1 saturated heterocycles. The smallest absolute Gasteiger partial charge is 0.220 e. The first kappa shape index (κ1) is 16.5. The van der Waals surface area contributed by atoms with Crippen LogP contribution in [0.4, 0.5) is 5.13 Å². The van der Waals surface area contributed by atoms with Gasteiger partial charge in [0.25, 0.3) is 0 Å². The molecule has 2 aromatic rings. The van der Waals surface area contributed by atoms with Crippen LogP contribution in [0.1, 0.15) is 24.1 Å². The molecule has 25 heavy (non-hydrogen) atoms. The molecule has 1 aliphatic heterocycles. The molecule has 3 N–H and O–H groups in total. The molecule has 132 valence electrons. The molecule has 6 heteroatoms. The average molecular weight is 357 g/mol. The normalized spacial score (nSPS) is 27.5. The Kier molecular flexibility index (Phi) is 4.72. The minimum absolute atomic E-state index is 0.0972. The molecule has 0 bridgehead atoms. The Hall–Kier alpha value is -1.92. The first-order valence-electron chi connectivity index (χ1n) is 8.85. The van der Waals surface area contributed by atoms with E-state index in [-0.39, 0.29) is 11.9 Å². The van der Waals surface area contributed by atoms with Crippen molar-refractivity contribution in [3.05, 3.63) is 47.0 Å². The molecule has 1 aromatic heterocycles. The molecule has 2 fully saturated rings. The number of aryl methyl sites for hydroxylation is 1. The molecule has 1 saturated carbocycles. The molecular weight excluding hydrogens is 334 g/mol. The molecule has 0 spiro atoms. The van der Waals surface area contributed by atoms with Crippen molar-refractivity contribution in [2.75, 3.05) is 12.3 Å². The van der Waals surface area contributed by atoms with Crippen LogP contribution in [0.3, 0.4) is 0 Å². The lowest BCUT2D eigenvalue weighted by Gasteiger charge is -2.48. The summed E-state index contributed by atoms with van der Waals surface area (Å²) in [4.78, 5) is 16.6. The lowest BCUT2D eigenvalue weighted by Crippen LogP contribution is -2.62. The summed E-state index contributed by atoms with van der Waals surface area (Å²) >= 11 is 1.42. The number of nitrogens with one attached hydrogen (secondary N) is 1. The fourth-order valence-electron chi connectivity index (χ4n) is 4.11. The van der Waals surface area contributed by atoms with E-state index >= 15 is 0 Å². The van der Waals surface area contributed by atoms with E-state index in [1.807, 2.05) is 11.4 Å². The van der Waals surface area contributed by atoms with Crippen LogP contribution in [0.2, 0.25) is 0 Å². The van der Waals surface area contributed by atoms with Crippen LogP contribution in [-0.2, 0) is 22.4 Å². The summed E-state index contributed by atoms with van der Waals surface area (Å²) in [6.45, 7) is 0.811. The standard InChI is InChI=1S/C19H23N3O2S/c20-19-21-13(11-25-19)6-7-16(23)22-17-14-8-9-24-18(14)15(17)10-12-4-2-1-3-5-12/h1-5,11,14-15,17-18H,6-10H2,(H2,20,21)(H,22,23)/t14-,15+,17-,18-/m0/s1. The first-order valence-corrected chi connectivity index (χ1v) is 9.73. The van der Waals surface area contributed by atoms with Crippen molar-refractivity contribution in [3.8, 4) is 0 Å². The van der Waals surface area contributed by atoms with Gasteiger partial charge in [0.15, 0.2) is 5.13 Å². The fourth-order valence-corrected chi connectivity index (χ4v) is 4.71. The molecule has 1 aromatic carbocycles.